The standard InChI is InChI=1S/C14H24N2O8.C6H9NO6/c17-11(18)1-5-15(6-2-12(19)20)9-10-16(7-3-13(21)22)8-4-14(23)24;8-4(9)1-7(2-5(10)11)3-6(12)13/h1-10H2,(H,17,18)(H,19,20)(H,21,22)(H,23,24);1-3H2,(H,8,9)(H,10,11)(H,12,13). The molecule has 0 aromatic rings. The van der Waals surface area contributed by atoms with Crippen molar-refractivity contribution in [3.8, 4) is 0 Å². The van der Waals surface area contributed by atoms with Crippen LogP contribution in [0, 0.1) is 0 Å². The fourth-order valence-electron chi connectivity index (χ4n) is 2.71. The van der Waals surface area contributed by atoms with Crippen molar-refractivity contribution in [1.29, 1.82) is 0 Å². The monoisotopic (exact) mass is 539 g/mol. The van der Waals surface area contributed by atoms with Crippen molar-refractivity contribution in [3.05, 3.63) is 0 Å². The largest absolute Gasteiger partial charge is 0.481 e. The average molecular weight is 539 g/mol. The Morgan fingerprint density at radius 2 is 0.541 bits per heavy atom. The van der Waals surface area contributed by atoms with Crippen LogP contribution < -0.4 is 0 Å². The summed E-state index contributed by atoms with van der Waals surface area (Å²) in [5.74, 6) is -7.77. The number of nitrogens with zero attached hydrogens (tertiary/aromatic N) is 3. The third kappa shape index (κ3) is 26.6. The van der Waals surface area contributed by atoms with Gasteiger partial charge in [-0.2, -0.15) is 0 Å². The second kappa shape index (κ2) is 20.4. The smallest absolute Gasteiger partial charge is 0.317 e. The zero-order chi connectivity index (χ0) is 29.0. The van der Waals surface area contributed by atoms with E-state index in [0.717, 1.165) is 4.90 Å². The molecule has 17 heteroatoms. The number of hydrogen-bond donors (Lipinski definition) is 7. The number of rotatable bonds is 21. The number of carboxylic acid groups (broad SMARTS) is 7. The van der Waals surface area contributed by atoms with Gasteiger partial charge in [-0.15, -0.1) is 0 Å². The molecule has 0 amide bonds. The van der Waals surface area contributed by atoms with Gasteiger partial charge in [0.1, 0.15) is 0 Å². The van der Waals surface area contributed by atoms with Crippen molar-refractivity contribution in [2.45, 2.75) is 25.7 Å². The predicted molar refractivity (Wildman–Crippen MR) is 121 cm³/mol. The Bertz CT molecular complexity index is 674. The van der Waals surface area contributed by atoms with E-state index >= 15 is 0 Å². The van der Waals surface area contributed by atoms with Gasteiger partial charge in [0.25, 0.3) is 0 Å². The molecule has 0 heterocycles. The van der Waals surface area contributed by atoms with Gasteiger partial charge in [-0.1, -0.05) is 0 Å². The highest BCUT2D eigenvalue weighted by Crippen LogP contribution is 2.00. The maximum absolute atomic E-state index is 10.7. The van der Waals surface area contributed by atoms with E-state index in [2.05, 4.69) is 0 Å². The molecular formula is C20H33N3O14. The Balaban J connectivity index is 0. The van der Waals surface area contributed by atoms with Gasteiger partial charge in [0, 0.05) is 39.3 Å². The van der Waals surface area contributed by atoms with Gasteiger partial charge in [0.15, 0.2) is 0 Å². The van der Waals surface area contributed by atoms with Crippen LogP contribution in [-0.4, -0.2) is 151 Å². The summed E-state index contributed by atoms with van der Waals surface area (Å²) in [7, 11) is 0. The average Bonchev–Trinajstić information content (AvgIpc) is 2.72. The van der Waals surface area contributed by atoms with E-state index in [4.69, 9.17) is 35.7 Å². The minimum Gasteiger partial charge on any atom is -0.481 e. The number of aliphatic carboxylic acids is 7. The third-order valence-electron chi connectivity index (χ3n) is 4.38. The molecular weight excluding hydrogens is 506 g/mol. The van der Waals surface area contributed by atoms with Crippen LogP contribution in [0.15, 0.2) is 0 Å². The molecule has 0 saturated carbocycles. The van der Waals surface area contributed by atoms with Crippen molar-refractivity contribution in [2.24, 2.45) is 0 Å². The zero-order valence-electron chi connectivity index (χ0n) is 20.0. The number of hydrogen-bond acceptors (Lipinski definition) is 10. The summed E-state index contributed by atoms with van der Waals surface area (Å²) in [6.07, 6.45) is -0.540. The van der Waals surface area contributed by atoms with Crippen molar-refractivity contribution < 1.29 is 69.3 Å². The molecule has 0 bridgehead atoms. The van der Waals surface area contributed by atoms with Gasteiger partial charge in [-0.05, 0) is 0 Å². The molecule has 0 aliphatic heterocycles. The summed E-state index contributed by atoms with van der Waals surface area (Å²) >= 11 is 0. The van der Waals surface area contributed by atoms with Crippen molar-refractivity contribution in [1.82, 2.24) is 14.7 Å². The maximum atomic E-state index is 10.7. The van der Waals surface area contributed by atoms with Crippen molar-refractivity contribution in [3.63, 3.8) is 0 Å². The lowest BCUT2D eigenvalue weighted by atomic mass is 10.3. The summed E-state index contributed by atoms with van der Waals surface area (Å²) in [5, 5.41) is 59.7. The Kier molecular flexibility index (Phi) is 19.5. The lowest BCUT2D eigenvalue weighted by Gasteiger charge is -2.26. The second-order valence-corrected chi connectivity index (χ2v) is 7.58. The number of carboxylic acids is 7. The van der Waals surface area contributed by atoms with Crippen LogP contribution in [0.4, 0.5) is 0 Å². The molecule has 0 aliphatic rings. The first-order valence-corrected chi connectivity index (χ1v) is 10.8. The van der Waals surface area contributed by atoms with E-state index in [0.29, 0.717) is 13.1 Å². The molecule has 7 N–H and O–H groups in total. The molecule has 37 heavy (non-hydrogen) atoms. The van der Waals surface area contributed by atoms with Crippen LogP contribution in [0.3, 0.4) is 0 Å². The minimum absolute atomic E-state index is 0.135. The molecule has 0 aliphatic carbocycles. The van der Waals surface area contributed by atoms with Gasteiger partial charge in [-0.25, -0.2) is 0 Å². The van der Waals surface area contributed by atoms with Crippen molar-refractivity contribution >= 4 is 41.8 Å². The van der Waals surface area contributed by atoms with Gasteiger partial charge < -0.3 is 45.5 Å². The van der Waals surface area contributed by atoms with Crippen LogP contribution in [0.5, 0.6) is 0 Å². The van der Waals surface area contributed by atoms with Crippen LogP contribution in [-0.2, 0) is 33.6 Å². The molecule has 212 valence electrons. The van der Waals surface area contributed by atoms with E-state index in [9.17, 15) is 33.6 Å². The molecule has 0 aromatic heterocycles. The quantitative estimate of drug-likeness (QED) is 0.0833. The Morgan fingerprint density at radius 3 is 0.703 bits per heavy atom. The highest BCUT2D eigenvalue weighted by Gasteiger charge is 2.16. The van der Waals surface area contributed by atoms with Crippen LogP contribution in [0.25, 0.3) is 0 Å². The molecule has 0 saturated heterocycles. The van der Waals surface area contributed by atoms with Crippen LogP contribution >= 0.6 is 0 Å². The van der Waals surface area contributed by atoms with Crippen LogP contribution in [0.1, 0.15) is 25.7 Å². The Morgan fingerprint density at radius 1 is 0.324 bits per heavy atom. The summed E-state index contributed by atoms with van der Waals surface area (Å²) in [6.45, 7) is -0.430. The fourth-order valence-corrected chi connectivity index (χ4v) is 2.71. The Labute approximate surface area is 211 Å². The van der Waals surface area contributed by atoms with Gasteiger partial charge in [-0.3, -0.25) is 38.5 Å². The lowest BCUT2D eigenvalue weighted by Crippen LogP contribution is -2.39. The third-order valence-corrected chi connectivity index (χ3v) is 4.38. The number of carbonyl (C=O) groups is 7. The van der Waals surface area contributed by atoms with Gasteiger partial charge >= 0.3 is 41.8 Å². The lowest BCUT2D eigenvalue weighted by molar-refractivity contribution is -0.145. The predicted octanol–water partition coefficient (Wildman–Crippen LogP) is -1.97. The molecule has 0 radical (unpaired) electrons. The van der Waals surface area contributed by atoms with E-state index in [1.54, 1.807) is 9.80 Å². The van der Waals surface area contributed by atoms with Gasteiger partial charge in [0.2, 0.25) is 0 Å². The highest BCUT2D eigenvalue weighted by atomic mass is 16.4. The van der Waals surface area contributed by atoms with Crippen molar-refractivity contribution in [2.75, 3.05) is 58.9 Å². The Hall–Kier alpha value is -3.83. The molecule has 0 aromatic carbocycles. The first kappa shape index (κ1) is 35.3. The van der Waals surface area contributed by atoms with Crippen LogP contribution in [0.2, 0.25) is 0 Å². The molecule has 0 unspecified atom stereocenters. The molecule has 0 atom stereocenters. The van der Waals surface area contributed by atoms with E-state index in [1.807, 2.05) is 0 Å². The molecule has 0 spiro atoms. The summed E-state index contributed by atoms with van der Waals surface area (Å²) in [5.41, 5.74) is 0. The first-order valence-electron chi connectivity index (χ1n) is 10.8. The maximum Gasteiger partial charge on any atom is 0.317 e. The van der Waals surface area contributed by atoms with Gasteiger partial charge in [0.05, 0.1) is 45.3 Å². The summed E-state index contributed by atoms with van der Waals surface area (Å²) < 4.78 is 0. The second-order valence-electron chi connectivity index (χ2n) is 7.58. The normalized spacial score (nSPS) is 10.6. The molecule has 0 rings (SSSR count). The summed E-state index contributed by atoms with van der Waals surface area (Å²) in [4.78, 5) is 77.2. The highest BCUT2D eigenvalue weighted by molar-refractivity contribution is 5.75. The SMILES string of the molecule is O=C(O)CCN(CCC(=O)O)CCN(CCC(=O)O)CCC(=O)O.O=C(O)CN(CC(=O)O)CC(=O)O. The molecule has 0 fully saturated rings. The minimum atomic E-state index is -1.26. The van der Waals surface area contributed by atoms with E-state index in [1.165, 1.54) is 0 Å². The first-order chi connectivity index (χ1) is 17.1. The van der Waals surface area contributed by atoms with E-state index < -0.39 is 61.4 Å². The summed E-state index contributed by atoms with van der Waals surface area (Å²) in [6, 6.07) is 0. The topological polar surface area (TPSA) is 271 Å². The molecule has 17 nitrogen and oxygen atoms in total. The van der Waals surface area contributed by atoms with E-state index in [-0.39, 0.29) is 51.9 Å². The zero-order valence-corrected chi connectivity index (χ0v) is 20.0. The fraction of sp³-hybridized carbons (Fsp3) is 0.650.